The largest absolute Gasteiger partial charge is 0.490 e. The Kier molecular flexibility index (Phi) is 6.12. The van der Waals surface area contributed by atoms with Crippen LogP contribution in [0.15, 0.2) is 72.4 Å². The van der Waals surface area contributed by atoms with Crippen molar-refractivity contribution in [3.8, 4) is 5.75 Å². The molecule has 0 aliphatic rings. The molecular formula is C19H20N2O2. The van der Waals surface area contributed by atoms with Crippen molar-refractivity contribution in [2.24, 2.45) is 5.10 Å². The van der Waals surface area contributed by atoms with E-state index in [0.717, 1.165) is 17.7 Å². The van der Waals surface area contributed by atoms with Gasteiger partial charge in [0.2, 0.25) is 0 Å². The van der Waals surface area contributed by atoms with Crippen LogP contribution in [0.25, 0.3) is 0 Å². The number of amides is 1. The van der Waals surface area contributed by atoms with Crippen molar-refractivity contribution in [2.45, 2.75) is 13.3 Å². The van der Waals surface area contributed by atoms with Gasteiger partial charge in [0.1, 0.15) is 12.4 Å². The van der Waals surface area contributed by atoms with Gasteiger partial charge < -0.3 is 4.74 Å². The van der Waals surface area contributed by atoms with Crippen LogP contribution in [0.1, 0.15) is 29.3 Å². The van der Waals surface area contributed by atoms with Gasteiger partial charge in [-0.1, -0.05) is 49.9 Å². The van der Waals surface area contributed by atoms with Gasteiger partial charge in [-0.15, -0.1) is 0 Å². The van der Waals surface area contributed by atoms with Gasteiger partial charge in [-0.05, 0) is 36.2 Å². The maximum Gasteiger partial charge on any atom is 0.271 e. The maximum absolute atomic E-state index is 12.1. The molecule has 0 saturated heterocycles. The van der Waals surface area contributed by atoms with Crippen molar-refractivity contribution >= 4 is 11.6 Å². The Labute approximate surface area is 136 Å². The van der Waals surface area contributed by atoms with Crippen molar-refractivity contribution < 1.29 is 9.53 Å². The fourth-order valence-electron chi connectivity index (χ4n) is 2.02. The van der Waals surface area contributed by atoms with Crippen LogP contribution in [0, 0.1) is 0 Å². The lowest BCUT2D eigenvalue weighted by molar-refractivity contribution is 0.0955. The van der Waals surface area contributed by atoms with Crippen LogP contribution in [-0.2, 0) is 0 Å². The molecule has 0 aliphatic carbocycles. The Morgan fingerprint density at radius 1 is 1.13 bits per heavy atom. The van der Waals surface area contributed by atoms with Crippen molar-refractivity contribution in [3.63, 3.8) is 0 Å². The molecule has 0 unspecified atom stereocenters. The molecule has 0 fully saturated rings. The summed E-state index contributed by atoms with van der Waals surface area (Å²) in [5.74, 6) is 0.450. The second-order valence-electron chi connectivity index (χ2n) is 4.84. The number of nitrogens with one attached hydrogen (secondary N) is 1. The summed E-state index contributed by atoms with van der Waals surface area (Å²) in [6.07, 6.45) is 2.41. The first-order chi connectivity index (χ1) is 11.2. The highest BCUT2D eigenvalue weighted by atomic mass is 16.5. The molecule has 0 radical (unpaired) electrons. The topological polar surface area (TPSA) is 50.7 Å². The first-order valence-electron chi connectivity index (χ1n) is 7.50. The predicted octanol–water partition coefficient (Wildman–Crippen LogP) is 3.80. The quantitative estimate of drug-likeness (QED) is 0.480. The summed E-state index contributed by atoms with van der Waals surface area (Å²) < 4.78 is 5.39. The van der Waals surface area contributed by atoms with E-state index >= 15 is 0 Å². The molecule has 118 valence electrons. The second kappa shape index (κ2) is 8.54. The SMILES string of the molecule is C=CCOc1ccc(C(=O)NN=C(CC)c2ccccc2)cc1. The van der Waals surface area contributed by atoms with E-state index in [1.54, 1.807) is 30.3 Å². The van der Waals surface area contributed by atoms with Gasteiger partial charge in [0, 0.05) is 5.56 Å². The average Bonchev–Trinajstić information content (AvgIpc) is 2.61. The van der Waals surface area contributed by atoms with Crippen LogP contribution in [0.3, 0.4) is 0 Å². The van der Waals surface area contributed by atoms with Crippen LogP contribution in [-0.4, -0.2) is 18.2 Å². The van der Waals surface area contributed by atoms with E-state index in [9.17, 15) is 4.79 Å². The molecule has 1 amide bonds. The number of nitrogens with zero attached hydrogens (tertiary/aromatic N) is 1. The second-order valence-corrected chi connectivity index (χ2v) is 4.84. The number of hydrogen-bond donors (Lipinski definition) is 1. The van der Waals surface area contributed by atoms with E-state index in [0.29, 0.717) is 17.9 Å². The van der Waals surface area contributed by atoms with Gasteiger partial charge in [-0.25, -0.2) is 5.43 Å². The number of hydrogen-bond acceptors (Lipinski definition) is 3. The third-order valence-corrected chi connectivity index (χ3v) is 3.22. The van der Waals surface area contributed by atoms with Crippen molar-refractivity contribution in [3.05, 3.63) is 78.4 Å². The molecule has 0 spiro atoms. The highest BCUT2D eigenvalue weighted by Crippen LogP contribution is 2.12. The van der Waals surface area contributed by atoms with Crippen LogP contribution in [0.2, 0.25) is 0 Å². The van der Waals surface area contributed by atoms with Gasteiger partial charge in [0.15, 0.2) is 0 Å². The summed E-state index contributed by atoms with van der Waals surface area (Å²) in [5.41, 5.74) is 4.97. The number of hydrazone groups is 1. The zero-order valence-corrected chi connectivity index (χ0v) is 13.2. The highest BCUT2D eigenvalue weighted by Gasteiger charge is 2.06. The fraction of sp³-hybridized carbons (Fsp3) is 0.158. The number of carbonyl (C=O) groups is 1. The predicted molar refractivity (Wildman–Crippen MR) is 92.9 cm³/mol. The van der Waals surface area contributed by atoms with E-state index in [2.05, 4.69) is 17.1 Å². The summed E-state index contributed by atoms with van der Waals surface area (Å²) in [7, 11) is 0. The Morgan fingerprint density at radius 2 is 1.83 bits per heavy atom. The van der Waals surface area contributed by atoms with Gasteiger partial charge in [-0.3, -0.25) is 4.79 Å². The normalized spacial score (nSPS) is 10.9. The Bertz CT molecular complexity index is 676. The average molecular weight is 308 g/mol. The van der Waals surface area contributed by atoms with E-state index in [4.69, 9.17) is 4.74 Å². The van der Waals surface area contributed by atoms with Crippen LogP contribution in [0.4, 0.5) is 0 Å². The third-order valence-electron chi connectivity index (χ3n) is 3.22. The minimum Gasteiger partial charge on any atom is -0.490 e. The van der Waals surface area contributed by atoms with Crippen molar-refractivity contribution in [2.75, 3.05) is 6.61 Å². The number of benzene rings is 2. The lowest BCUT2D eigenvalue weighted by Crippen LogP contribution is -2.19. The third kappa shape index (κ3) is 4.81. The molecule has 2 rings (SSSR count). The molecule has 2 aromatic carbocycles. The highest BCUT2D eigenvalue weighted by molar-refractivity contribution is 6.02. The number of rotatable bonds is 7. The molecule has 4 heteroatoms. The lowest BCUT2D eigenvalue weighted by Gasteiger charge is -2.06. The molecule has 4 nitrogen and oxygen atoms in total. The zero-order chi connectivity index (χ0) is 16.5. The van der Waals surface area contributed by atoms with E-state index < -0.39 is 0 Å². The van der Waals surface area contributed by atoms with Crippen LogP contribution >= 0.6 is 0 Å². The lowest BCUT2D eigenvalue weighted by atomic mass is 10.1. The monoisotopic (exact) mass is 308 g/mol. The molecule has 1 N–H and O–H groups in total. The minimum absolute atomic E-state index is 0.248. The van der Waals surface area contributed by atoms with Crippen LogP contribution in [0.5, 0.6) is 5.75 Å². The molecule has 0 saturated carbocycles. The molecule has 0 atom stereocenters. The molecule has 0 bridgehead atoms. The summed E-state index contributed by atoms with van der Waals surface area (Å²) in [5, 5.41) is 4.23. The fourth-order valence-corrected chi connectivity index (χ4v) is 2.02. The van der Waals surface area contributed by atoms with Gasteiger partial charge in [0.25, 0.3) is 5.91 Å². The summed E-state index contributed by atoms with van der Waals surface area (Å²) in [6.45, 7) is 6.03. The zero-order valence-electron chi connectivity index (χ0n) is 13.2. The van der Waals surface area contributed by atoms with Gasteiger partial charge >= 0.3 is 0 Å². The van der Waals surface area contributed by atoms with Crippen molar-refractivity contribution in [1.82, 2.24) is 5.43 Å². The van der Waals surface area contributed by atoms with Gasteiger partial charge in [0.05, 0.1) is 5.71 Å². The van der Waals surface area contributed by atoms with E-state index in [1.807, 2.05) is 37.3 Å². The molecule has 0 aromatic heterocycles. The molecule has 2 aromatic rings. The summed E-state index contributed by atoms with van der Waals surface area (Å²) in [4.78, 5) is 12.1. The van der Waals surface area contributed by atoms with Crippen molar-refractivity contribution in [1.29, 1.82) is 0 Å². The molecule has 0 aliphatic heterocycles. The maximum atomic E-state index is 12.1. The Balaban J connectivity index is 2.03. The van der Waals surface area contributed by atoms with E-state index in [-0.39, 0.29) is 5.91 Å². The molecule has 23 heavy (non-hydrogen) atoms. The Morgan fingerprint density at radius 3 is 2.43 bits per heavy atom. The molecule has 0 heterocycles. The minimum atomic E-state index is -0.248. The smallest absolute Gasteiger partial charge is 0.271 e. The Hall–Kier alpha value is -2.88. The summed E-state index contributed by atoms with van der Waals surface area (Å²) >= 11 is 0. The van der Waals surface area contributed by atoms with E-state index in [1.165, 1.54) is 0 Å². The number of carbonyl (C=O) groups excluding carboxylic acids is 1. The first-order valence-corrected chi connectivity index (χ1v) is 7.50. The first kappa shape index (κ1) is 16.5. The standard InChI is InChI=1S/C19H20N2O2/c1-3-14-23-17-12-10-16(11-13-17)19(22)21-20-18(4-2)15-8-6-5-7-9-15/h3,5-13H,1,4,14H2,2H3,(H,21,22). The molecular weight excluding hydrogens is 288 g/mol. The van der Waals surface area contributed by atoms with Crippen LogP contribution < -0.4 is 10.2 Å². The van der Waals surface area contributed by atoms with Gasteiger partial charge in [-0.2, -0.15) is 5.10 Å². The summed E-state index contributed by atoms with van der Waals surface area (Å²) in [6, 6.07) is 16.7. The number of ether oxygens (including phenoxy) is 1.